The molecular formula is C42H26O. The van der Waals surface area contributed by atoms with Crippen molar-refractivity contribution in [2.45, 2.75) is 0 Å². The van der Waals surface area contributed by atoms with Crippen molar-refractivity contribution < 1.29 is 14.0 Å². The average molecular weight is 554 g/mol. The lowest BCUT2D eigenvalue weighted by atomic mass is 9.83. The highest BCUT2D eigenvalue weighted by molar-refractivity contribution is 6.26. The molecule has 0 fully saturated rings. The summed E-state index contributed by atoms with van der Waals surface area (Å²) in [5, 5.41) is 5.04. The lowest BCUT2D eigenvalue weighted by Crippen LogP contribution is -1.92. The zero-order chi connectivity index (χ0) is 34.4. The summed E-state index contributed by atoms with van der Waals surface area (Å²) in [6, 6.07) is 35.5. The summed E-state index contributed by atoms with van der Waals surface area (Å²) < 4.78 is 68.2. The molecule has 1 heterocycles. The summed E-state index contributed by atoms with van der Waals surface area (Å²) in [5.74, 6) is 0. The van der Waals surface area contributed by atoms with Crippen LogP contribution in [-0.4, -0.2) is 0 Å². The van der Waals surface area contributed by atoms with Gasteiger partial charge in [-0.25, -0.2) is 0 Å². The molecule has 0 aliphatic carbocycles. The highest BCUT2D eigenvalue weighted by atomic mass is 16.3. The van der Waals surface area contributed by atoms with Gasteiger partial charge in [-0.15, -0.1) is 0 Å². The van der Waals surface area contributed by atoms with Crippen LogP contribution in [0, 0.1) is 0 Å². The van der Waals surface area contributed by atoms with Crippen LogP contribution in [0.5, 0.6) is 0 Å². The monoisotopic (exact) mass is 553 g/mol. The second-order valence-corrected chi connectivity index (χ2v) is 10.7. The molecule has 8 aromatic carbocycles. The van der Waals surface area contributed by atoms with E-state index in [0.717, 1.165) is 65.7 Å². The van der Waals surface area contributed by atoms with E-state index in [2.05, 4.69) is 30.3 Å². The molecule has 0 aliphatic heterocycles. The summed E-state index contributed by atoms with van der Waals surface area (Å²) in [6.45, 7) is 0. The van der Waals surface area contributed by atoms with E-state index in [0.29, 0.717) is 5.56 Å². The van der Waals surface area contributed by atoms with Crippen LogP contribution in [0.2, 0.25) is 0 Å². The van der Waals surface area contributed by atoms with E-state index in [1.807, 2.05) is 84.9 Å². The lowest BCUT2D eigenvalue weighted by molar-refractivity contribution is 0.669. The fourth-order valence-electron chi connectivity index (χ4n) is 6.44. The van der Waals surface area contributed by atoms with Gasteiger partial charge in [-0.05, 0) is 89.9 Å². The molecule has 1 nitrogen and oxygen atoms in total. The van der Waals surface area contributed by atoms with Crippen molar-refractivity contribution in [1.29, 1.82) is 0 Å². The fourth-order valence-corrected chi connectivity index (χ4v) is 6.44. The molecule has 1 heteroatoms. The lowest BCUT2D eigenvalue weighted by Gasteiger charge is -2.19. The molecule has 1 aromatic heterocycles. The minimum absolute atomic E-state index is 0.0674. The predicted octanol–water partition coefficient (Wildman–Crippen LogP) is 12.0. The predicted molar refractivity (Wildman–Crippen MR) is 183 cm³/mol. The van der Waals surface area contributed by atoms with Crippen LogP contribution in [-0.2, 0) is 0 Å². The quantitative estimate of drug-likeness (QED) is 0.198. The third kappa shape index (κ3) is 3.72. The summed E-state index contributed by atoms with van der Waals surface area (Å²) in [4.78, 5) is 0. The molecule has 0 bridgehead atoms. The maximum atomic E-state index is 9.52. The number of hydrogen-bond acceptors (Lipinski definition) is 1. The number of furan rings is 1. The highest BCUT2D eigenvalue weighted by Crippen LogP contribution is 2.47. The average Bonchev–Trinajstić information content (AvgIpc) is 3.53. The van der Waals surface area contributed by atoms with Gasteiger partial charge in [-0.2, -0.15) is 0 Å². The van der Waals surface area contributed by atoms with Crippen LogP contribution in [0.15, 0.2) is 162 Å². The van der Waals surface area contributed by atoms with Gasteiger partial charge in [0, 0.05) is 10.8 Å². The van der Waals surface area contributed by atoms with E-state index < -0.39 is 24.2 Å². The molecular weight excluding hydrogens is 520 g/mol. The Labute approximate surface area is 259 Å². The van der Waals surface area contributed by atoms with Crippen molar-refractivity contribution in [3.8, 4) is 33.4 Å². The molecule has 0 saturated heterocycles. The first-order valence-electron chi connectivity index (χ1n) is 17.7. The number of para-hydroxylation sites is 1. The van der Waals surface area contributed by atoms with E-state index in [-0.39, 0.29) is 34.5 Å². The van der Waals surface area contributed by atoms with Gasteiger partial charge in [-0.3, -0.25) is 0 Å². The van der Waals surface area contributed by atoms with Gasteiger partial charge in [0.2, 0.25) is 0 Å². The topological polar surface area (TPSA) is 13.1 Å². The first kappa shape index (κ1) is 18.0. The Morgan fingerprint density at radius 3 is 2.00 bits per heavy atom. The Kier molecular flexibility index (Phi) is 3.95. The van der Waals surface area contributed by atoms with E-state index in [4.69, 9.17) is 11.3 Å². The number of fused-ring (bicyclic) bond motifs is 6. The molecule has 0 spiro atoms. The SMILES string of the molecule is [2H]c1c([2H])c([2H])c2c([2H])c(-c3c4ccccc4c(-c4cccc5oc6ccccc6c45)c4ccc(-c5ccccc5)cc34)c([2H])c([2H])c2c1[2H]. The zero-order valence-electron chi connectivity index (χ0n) is 29.9. The minimum Gasteiger partial charge on any atom is -0.456 e. The largest absolute Gasteiger partial charge is 0.456 e. The van der Waals surface area contributed by atoms with Crippen LogP contribution in [0.4, 0.5) is 0 Å². The van der Waals surface area contributed by atoms with Gasteiger partial charge in [0.25, 0.3) is 0 Å². The number of hydrogen-bond donors (Lipinski definition) is 0. The Hall–Kier alpha value is -5.66. The van der Waals surface area contributed by atoms with Gasteiger partial charge in [0.05, 0.1) is 9.60 Å². The van der Waals surface area contributed by atoms with Gasteiger partial charge >= 0.3 is 0 Å². The van der Waals surface area contributed by atoms with Crippen molar-refractivity contribution in [2.24, 2.45) is 0 Å². The smallest absolute Gasteiger partial charge is 0.136 e. The molecule has 9 rings (SSSR count). The Morgan fingerprint density at radius 2 is 1.14 bits per heavy atom. The van der Waals surface area contributed by atoms with E-state index >= 15 is 0 Å². The Balaban J connectivity index is 1.51. The van der Waals surface area contributed by atoms with E-state index in [1.54, 1.807) is 0 Å². The van der Waals surface area contributed by atoms with Crippen molar-refractivity contribution in [3.63, 3.8) is 0 Å². The zero-order valence-corrected chi connectivity index (χ0v) is 22.9. The van der Waals surface area contributed by atoms with Gasteiger partial charge in [-0.1, -0.05) is 133 Å². The molecule has 0 saturated carbocycles. The maximum Gasteiger partial charge on any atom is 0.136 e. The van der Waals surface area contributed by atoms with Crippen LogP contribution in [0.1, 0.15) is 9.60 Å². The second kappa shape index (κ2) is 9.44. The fraction of sp³-hybridized carbons (Fsp3) is 0. The van der Waals surface area contributed by atoms with Gasteiger partial charge in [0.1, 0.15) is 11.2 Å². The summed E-state index contributed by atoms with van der Waals surface area (Å²) in [7, 11) is 0. The Morgan fingerprint density at radius 1 is 0.442 bits per heavy atom. The molecule has 0 amide bonds. The molecule has 0 unspecified atom stereocenters. The molecule has 0 radical (unpaired) electrons. The molecule has 200 valence electrons. The third-order valence-corrected chi connectivity index (χ3v) is 8.30. The van der Waals surface area contributed by atoms with Crippen LogP contribution < -0.4 is 0 Å². The van der Waals surface area contributed by atoms with E-state index in [1.165, 1.54) is 0 Å². The number of rotatable bonds is 3. The summed E-state index contributed by atoms with van der Waals surface area (Å²) in [6.07, 6.45) is 0. The molecule has 9 aromatic rings. The molecule has 0 aliphatic rings. The van der Waals surface area contributed by atoms with Crippen molar-refractivity contribution in [3.05, 3.63) is 158 Å². The van der Waals surface area contributed by atoms with Crippen molar-refractivity contribution in [2.75, 3.05) is 0 Å². The maximum absolute atomic E-state index is 9.52. The minimum atomic E-state index is -0.490. The van der Waals surface area contributed by atoms with Crippen LogP contribution in [0.25, 0.3) is 87.6 Å². The van der Waals surface area contributed by atoms with Crippen LogP contribution in [0.3, 0.4) is 0 Å². The molecule has 0 N–H and O–H groups in total. The first-order chi connectivity index (χ1) is 24.3. The third-order valence-electron chi connectivity index (χ3n) is 8.30. The van der Waals surface area contributed by atoms with Crippen molar-refractivity contribution in [1.82, 2.24) is 0 Å². The number of benzene rings is 8. The second-order valence-electron chi connectivity index (χ2n) is 10.7. The highest BCUT2D eigenvalue weighted by Gasteiger charge is 2.20. The molecule has 0 atom stereocenters. The molecule has 43 heavy (non-hydrogen) atoms. The normalized spacial score (nSPS) is 14.0. The van der Waals surface area contributed by atoms with Crippen molar-refractivity contribution >= 4 is 54.3 Å². The summed E-state index contributed by atoms with van der Waals surface area (Å²) >= 11 is 0. The van der Waals surface area contributed by atoms with E-state index in [9.17, 15) is 2.74 Å². The van der Waals surface area contributed by atoms with Gasteiger partial charge in [0.15, 0.2) is 0 Å². The van der Waals surface area contributed by atoms with Gasteiger partial charge < -0.3 is 4.42 Å². The summed E-state index contributed by atoms with van der Waals surface area (Å²) in [5.41, 5.74) is 6.12. The Bertz CT molecular complexity index is 2890. The standard InChI is InChI=1S/C42H26O/c1-2-11-27(12-3-1)30-23-24-34-37(26-30)40(31-22-21-28-13-4-5-14-29(28)25-31)32-15-6-7-16-33(32)41(34)36-18-10-20-39-42(36)35-17-8-9-19-38(35)43-39/h1-26H/i4D,5D,13D,14D,21D,22D,25D. The van der Waals surface area contributed by atoms with Crippen LogP contribution >= 0.6 is 0 Å². The first-order valence-corrected chi connectivity index (χ1v) is 14.2.